The highest BCUT2D eigenvalue weighted by Gasteiger charge is 2.64. The Bertz CT molecular complexity index is 1990. The normalized spacial score (nSPS) is 21.3. The van der Waals surface area contributed by atoms with E-state index in [0.717, 1.165) is 57.8 Å². The van der Waals surface area contributed by atoms with E-state index in [1.165, 1.54) is 4.90 Å². The van der Waals surface area contributed by atoms with Crippen LogP contribution in [0.1, 0.15) is 93.0 Å². The van der Waals surface area contributed by atoms with Crippen molar-refractivity contribution >= 4 is 41.0 Å². The molecular weight excluding hydrogens is 758 g/mol. The molecule has 0 bridgehead atoms. The van der Waals surface area contributed by atoms with Crippen molar-refractivity contribution in [2.75, 3.05) is 50.8 Å². The SMILES string of the molecule is CCN(C(=O)c1ccc(OCCCCCN2CCN(c3ccc(C(=O)N[C@H]4C(C)(C)[C@H](Oc5ccc(C#N)c(Cl)c5)C4(C)C)cn3)CC2)cc1)C1CCC(=O)NC1=O. The molecular formula is C44H54ClN7O6. The molecule has 3 fully saturated rings. The van der Waals surface area contributed by atoms with Crippen molar-refractivity contribution in [1.82, 2.24) is 25.4 Å². The zero-order valence-corrected chi connectivity index (χ0v) is 34.8. The zero-order valence-electron chi connectivity index (χ0n) is 34.1. The molecule has 1 saturated carbocycles. The Hall–Kier alpha value is -5.19. The maximum Gasteiger partial charge on any atom is 0.254 e. The predicted molar refractivity (Wildman–Crippen MR) is 221 cm³/mol. The average molecular weight is 812 g/mol. The number of imide groups is 1. The lowest BCUT2D eigenvalue weighted by Crippen LogP contribution is -2.74. The topological polar surface area (TPSA) is 157 Å². The van der Waals surface area contributed by atoms with Crippen molar-refractivity contribution in [1.29, 1.82) is 5.26 Å². The van der Waals surface area contributed by atoms with Gasteiger partial charge in [0.15, 0.2) is 0 Å². The summed E-state index contributed by atoms with van der Waals surface area (Å²) in [5.74, 6) is 1.01. The molecule has 1 aliphatic carbocycles. The fourth-order valence-corrected chi connectivity index (χ4v) is 9.08. The predicted octanol–water partition coefficient (Wildman–Crippen LogP) is 5.86. The number of hydrogen-bond acceptors (Lipinski definition) is 10. The number of amides is 4. The Morgan fingerprint density at radius 2 is 1.66 bits per heavy atom. The van der Waals surface area contributed by atoms with Crippen LogP contribution in [0.15, 0.2) is 60.8 Å². The third-order valence-electron chi connectivity index (χ3n) is 11.8. The summed E-state index contributed by atoms with van der Waals surface area (Å²) in [7, 11) is 0. The number of anilines is 1. The average Bonchev–Trinajstić information content (AvgIpc) is 3.21. The van der Waals surface area contributed by atoms with Crippen LogP contribution in [0.5, 0.6) is 11.5 Å². The summed E-state index contributed by atoms with van der Waals surface area (Å²) in [4.78, 5) is 61.3. The number of carbonyl (C=O) groups excluding carboxylic acids is 4. The van der Waals surface area contributed by atoms with Gasteiger partial charge >= 0.3 is 0 Å². The number of hydrogen-bond donors (Lipinski definition) is 2. The number of nitrogens with one attached hydrogen (secondary N) is 2. The molecule has 2 N–H and O–H groups in total. The molecule has 2 aromatic carbocycles. The minimum atomic E-state index is -0.646. The zero-order chi connectivity index (χ0) is 41.6. The van der Waals surface area contributed by atoms with Crippen LogP contribution in [0.2, 0.25) is 5.02 Å². The first-order valence-corrected chi connectivity index (χ1v) is 20.6. The van der Waals surface area contributed by atoms with Gasteiger partial charge in [0.05, 0.1) is 22.8 Å². The first-order valence-electron chi connectivity index (χ1n) is 20.2. The van der Waals surface area contributed by atoms with Crippen molar-refractivity contribution in [2.24, 2.45) is 10.8 Å². The first-order chi connectivity index (χ1) is 27.7. The van der Waals surface area contributed by atoms with Crippen LogP contribution in [0, 0.1) is 22.2 Å². The lowest BCUT2D eigenvalue weighted by Gasteiger charge is -2.63. The van der Waals surface area contributed by atoms with Crippen LogP contribution in [-0.4, -0.2) is 102 Å². The minimum absolute atomic E-state index is 0.143. The van der Waals surface area contributed by atoms with E-state index in [-0.39, 0.29) is 47.1 Å². The van der Waals surface area contributed by atoms with Crippen molar-refractivity contribution in [2.45, 2.75) is 84.9 Å². The van der Waals surface area contributed by atoms with E-state index in [2.05, 4.69) is 59.2 Å². The van der Waals surface area contributed by atoms with Gasteiger partial charge in [-0.25, -0.2) is 4.98 Å². The van der Waals surface area contributed by atoms with E-state index in [0.29, 0.717) is 52.8 Å². The van der Waals surface area contributed by atoms with E-state index in [9.17, 15) is 24.4 Å². The number of nitrogens with zero attached hydrogens (tertiary/aromatic N) is 5. The first kappa shape index (κ1) is 42.4. The second-order valence-corrected chi connectivity index (χ2v) is 16.9. The van der Waals surface area contributed by atoms with E-state index < -0.39 is 11.9 Å². The smallest absolute Gasteiger partial charge is 0.254 e. The van der Waals surface area contributed by atoms with Gasteiger partial charge < -0.3 is 24.6 Å². The number of unbranched alkanes of at least 4 members (excludes halogenated alkanes) is 2. The number of pyridine rings is 1. The second-order valence-electron chi connectivity index (χ2n) is 16.5. The Labute approximate surface area is 346 Å². The fraction of sp³-hybridized carbons (Fsp3) is 0.500. The highest BCUT2D eigenvalue weighted by Crippen LogP contribution is 2.55. The van der Waals surface area contributed by atoms with Gasteiger partial charge in [0.25, 0.3) is 11.8 Å². The number of ether oxygens (including phenoxy) is 2. The summed E-state index contributed by atoms with van der Waals surface area (Å²) >= 11 is 6.24. The quantitative estimate of drug-likeness (QED) is 0.141. The lowest BCUT2D eigenvalue weighted by atomic mass is 9.49. The van der Waals surface area contributed by atoms with Crippen LogP contribution in [0.4, 0.5) is 5.82 Å². The summed E-state index contributed by atoms with van der Waals surface area (Å²) in [6, 6.07) is 17.1. The monoisotopic (exact) mass is 811 g/mol. The van der Waals surface area contributed by atoms with Crippen molar-refractivity contribution in [3.63, 3.8) is 0 Å². The molecule has 0 spiro atoms. The Morgan fingerprint density at radius 3 is 2.28 bits per heavy atom. The van der Waals surface area contributed by atoms with Gasteiger partial charge in [0.2, 0.25) is 11.8 Å². The van der Waals surface area contributed by atoms with Gasteiger partial charge in [-0.1, -0.05) is 39.3 Å². The third-order valence-corrected chi connectivity index (χ3v) is 12.1. The molecule has 308 valence electrons. The minimum Gasteiger partial charge on any atom is -0.494 e. The summed E-state index contributed by atoms with van der Waals surface area (Å²) < 4.78 is 12.3. The van der Waals surface area contributed by atoms with Crippen molar-refractivity contribution in [3.8, 4) is 17.6 Å². The Morgan fingerprint density at radius 1 is 0.966 bits per heavy atom. The molecule has 3 aromatic rings. The van der Waals surface area contributed by atoms with Gasteiger partial charge in [-0.3, -0.25) is 29.4 Å². The van der Waals surface area contributed by atoms with Crippen LogP contribution in [0.3, 0.4) is 0 Å². The molecule has 1 atom stereocenters. The number of aromatic nitrogens is 1. The number of piperidine rings is 1. The standard InChI is InChI=1S/C44H54ClN7O6/c1-6-52(35-17-19-37(53)48-39(35)55)40(56)29-10-14-32(15-11-29)57-25-9-7-8-20-50-21-23-51(24-22-50)36-18-13-31(28-47-36)38(54)49-41-43(2,3)42(44(41,4)5)58-33-16-12-30(27-46)34(45)26-33/h10-16,18,26,28,35,41-42H,6-9,17,19-25H2,1-5H3,(H,49,54)(H,48,53,55)/t35?,41-,42-. The molecule has 13 nitrogen and oxygen atoms in total. The van der Waals surface area contributed by atoms with Crippen molar-refractivity contribution in [3.05, 3.63) is 82.5 Å². The number of rotatable bonds is 15. The van der Waals surface area contributed by atoms with Gasteiger partial charge in [0.1, 0.15) is 35.5 Å². The van der Waals surface area contributed by atoms with Gasteiger partial charge in [-0.15, -0.1) is 0 Å². The number of nitriles is 1. The van der Waals surface area contributed by atoms with Crippen LogP contribution < -0.4 is 25.0 Å². The van der Waals surface area contributed by atoms with E-state index in [1.54, 1.807) is 48.7 Å². The third kappa shape index (κ3) is 9.40. The highest BCUT2D eigenvalue weighted by molar-refractivity contribution is 6.31. The maximum absolute atomic E-state index is 13.4. The number of benzene rings is 2. The van der Waals surface area contributed by atoms with Crippen LogP contribution in [0.25, 0.3) is 0 Å². The molecule has 1 aromatic heterocycles. The summed E-state index contributed by atoms with van der Waals surface area (Å²) in [6.07, 6.45) is 5.04. The molecule has 2 saturated heterocycles. The second kappa shape index (κ2) is 18.2. The van der Waals surface area contributed by atoms with E-state index in [4.69, 9.17) is 21.1 Å². The van der Waals surface area contributed by atoms with Gasteiger partial charge in [-0.2, -0.15) is 5.26 Å². The molecule has 58 heavy (non-hydrogen) atoms. The summed E-state index contributed by atoms with van der Waals surface area (Å²) in [5, 5.41) is 15.1. The largest absolute Gasteiger partial charge is 0.494 e. The maximum atomic E-state index is 13.4. The summed E-state index contributed by atoms with van der Waals surface area (Å²) in [5.41, 5.74) is 0.660. The van der Waals surface area contributed by atoms with E-state index >= 15 is 0 Å². The van der Waals surface area contributed by atoms with Crippen molar-refractivity contribution < 1.29 is 28.7 Å². The van der Waals surface area contributed by atoms with Crippen LogP contribution >= 0.6 is 11.6 Å². The number of carbonyl (C=O) groups is 4. The molecule has 6 rings (SSSR count). The molecule has 14 heteroatoms. The number of piperazine rings is 1. The van der Waals surface area contributed by atoms with Crippen LogP contribution in [-0.2, 0) is 9.59 Å². The fourth-order valence-electron chi connectivity index (χ4n) is 8.87. The molecule has 4 amide bonds. The molecule has 2 aliphatic heterocycles. The Kier molecular flexibility index (Phi) is 13.3. The molecule has 1 unspecified atom stereocenters. The highest BCUT2D eigenvalue weighted by atomic mass is 35.5. The molecule has 3 heterocycles. The lowest BCUT2D eigenvalue weighted by molar-refractivity contribution is -0.164. The molecule has 0 radical (unpaired) electrons. The summed E-state index contributed by atoms with van der Waals surface area (Å²) in [6.45, 7) is 15.7. The molecule has 3 aliphatic rings. The van der Waals surface area contributed by atoms with Gasteiger partial charge in [0, 0.05) is 73.8 Å². The van der Waals surface area contributed by atoms with E-state index in [1.807, 2.05) is 19.1 Å². The van der Waals surface area contributed by atoms with Gasteiger partial charge in [-0.05, 0) is 87.7 Å². The Balaban J connectivity index is 0.874. The number of halogens is 1. The number of likely N-dealkylation sites (N-methyl/N-ethyl adjacent to an activating group) is 1.